The molecule has 11 nitrogen and oxygen atoms in total. The number of aliphatic hydroxyl groups excluding tert-OH is 3. The van der Waals surface area contributed by atoms with Gasteiger partial charge in [-0.15, -0.1) is 0 Å². The van der Waals surface area contributed by atoms with Crippen LogP contribution < -0.4 is 0 Å². The summed E-state index contributed by atoms with van der Waals surface area (Å²) in [7, 11) is -4.66. The second kappa shape index (κ2) is 32.5. The highest BCUT2D eigenvalue weighted by molar-refractivity contribution is 7.47. The fraction of sp³-hybridized carbons (Fsp3) is 0.684. The summed E-state index contributed by atoms with van der Waals surface area (Å²) in [5.74, 6) is -0.438. The number of allylic oxidation sites excluding steroid dienone is 9. The molecule has 0 fully saturated rings. The molecule has 4 atom stereocenters. The van der Waals surface area contributed by atoms with Crippen LogP contribution in [0.25, 0.3) is 0 Å². The quantitative estimate of drug-likeness (QED) is 0.0177. The number of hydrogen-bond acceptors (Lipinski definition) is 10. The standard InChI is InChI=1S/C38H65O11P/c1-4-5-6-7-8-9-10-11-12-13-14-18-21-25-34(40)26-23-28-38(43)49-36(32-48-50(44,45)47-30-35(41)29-39)31-46-37(42)27-22-19-16-15-17-20-24-33(2)3/h5-6,8-9,11-12,14,18,21,25,33-36,39-41H,4,7,10,13,15-17,19-20,22-24,26-32H2,1-3H3,(H,44,45)/b6-5-,9-8-,12-11-,18-14-,25-21+/t34?,35-,36+/m0/s1. The summed E-state index contributed by atoms with van der Waals surface area (Å²) in [5.41, 5.74) is 0. The fourth-order valence-electron chi connectivity index (χ4n) is 4.38. The average molecular weight is 729 g/mol. The number of phosphoric ester groups is 1. The Balaban J connectivity index is 4.63. The lowest BCUT2D eigenvalue weighted by atomic mass is 10.0. The maximum absolute atomic E-state index is 12.5. The van der Waals surface area contributed by atoms with Crippen LogP contribution in [0.5, 0.6) is 0 Å². The Morgan fingerprint density at radius 1 is 0.700 bits per heavy atom. The monoisotopic (exact) mass is 728 g/mol. The van der Waals surface area contributed by atoms with Crippen LogP contribution in [-0.4, -0.2) is 76.9 Å². The van der Waals surface area contributed by atoms with E-state index in [9.17, 15) is 29.3 Å². The second-order valence-corrected chi connectivity index (χ2v) is 14.0. The molecule has 0 heterocycles. The van der Waals surface area contributed by atoms with Crippen molar-refractivity contribution in [2.24, 2.45) is 5.92 Å². The Morgan fingerprint density at radius 2 is 1.28 bits per heavy atom. The molecule has 0 spiro atoms. The second-order valence-electron chi connectivity index (χ2n) is 12.5. The van der Waals surface area contributed by atoms with Gasteiger partial charge in [-0.1, -0.05) is 120 Å². The van der Waals surface area contributed by atoms with Gasteiger partial charge in [0.15, 0.2) is 6.10 Å². The smallest absolute Gasteiger partial charge is 0.462 e. The van der Waals surface area contributed by atoms with Gasteiger partial charge in [0, 0.05) is 12.8 Å². The molecule has 0 saturated carbocycles. The summed E-state index contributed by atoms with van der Waals surface area (Å²) in [5, 5.41) is 28.5. The fourth-order valence-corrected chi connectivity index (χ4v) is 5.17. The van der Waals surface area contributed by atoms with E-state index < -0.39 is 57.9 Å². The van der Waals surface area contributed by atoms with Crippen molar-refractivity contribution in [1.29, 1.82) is 0 Å². The van der Waals surface area contributed by atoms with Crippen LogP contribution >= 0.6 is 7.82 Å². The minimum absolute atomic E-state index is 0.0491. The van der Waals surface area contributed by atoms with Crippen molar-refractivity contribution in [2.45, 2.75) is 135 Å². The molecule has 0 radical (unpaired) electrons. The largest absolute Gasteiger partial charge is 0.472 e. The molecular weight excluding hydrogens is 663 g/mol. The molecular formula is C38H65O11P. The molecule has 0 aliphatic carbocycles. The number of rotatable bonds is 32. The lowest BCUT2D eigenvalue weighted by Gasteiger charge is -2.20. The van der Waals surface area contributed by atoms with Crippen LogP contribution in [0.3, 0.4) is 0 Å². The van der Waals surface area contributed by atoms with Crippen LogP contribution in [0, 0.1) is 5.92 Å². The maximum Gasteiger partial charge on any atom is 0.472 e. The van der Waals surface area contributed by atoms with Gasteiger partial charge in [0.2, 0.25) is 0 Å². The Morgan fingerprint density at radius 3 is 1.92 bits per heavy atom. The summed E-state index contributed by atoms with van der Waals surface area (Å²) >= 11 is 0. The molecule has 0 aromatic heterocycles. The van der Waals surface area contributed by atoms with Gasteiger partial charge in [-0.05, 0) is 50.9 Å². The number of esters is 2. The number of ether oxygens (including phenoxy) is 2. The molecule has 50 heavy (non-hydrogen) atoms. The Hall–Kier alpha value is -2.37. The molecule has 0 aliphatic heterocycles. The Bertz CT molecular complexity index is 1050. The van der Waals surface area contributed by atoms with Crippen LogP contribution in [-0.2, 0) is 32.7 Å². The van der Waals surface area contributed by atoms with E-state index in [1.807, 2.05) is 12.2 Å². The van der Waals surface area contributed by atoms with E-state index in [1.165, 1.54) is 19.3 Å². The first-order valence-electron chi connectivity index (χ1n) is 18.2. The van der Waals surface area contributed by atoms with Crippen LogP contribution in [0.4, 0.5) is 0 Å². The summed E-state index contributed by atoms with van der Waals surface area (Å²) < 4.78 is 32.3. The molecule has 0 aliphatic rings. The minimum Gasteiger partial charge on any atom is -0.462 e. The number of carbonyl (C=O) groups excluding carboxylic acids is 2. The first-order chi connectivity index (χ1) is 24.0. The van der Waals surface area contributed by atoms with Gasteiger partial charge in [0.05, 0.1) is 25.9 Å². The highest BCUT2D eigenvalue weighted by Gasteiger charge is 2.27. The molecule has 12 heteroatoms. The van der Waals surface area contributed by atoms with Gasteiger partial charge in [0.25, 0.3) is 0 Å². The van der Waals surface area contributed by atoms with E-state index in [2.05, 4.69) is 61.8 Å². The van der Waals surface area contributed by atoms with Crippen molar-refractivity contribution < 1.29 is 52.9 Å². The van der Waals surface area contributed by atoms with Gasteiger partial charge in [-0.3, -0.25) is 18.6 Å². The summed E-state index contributed by atoms with van der Waals surface area (Å²) in [4.78, 5) is 34.7. The molecule has 0 aromatic carbocycles. The zero-order valence-corrected chi connectivity index (χ0v) is 31.5. The van der Waals surface area contributed by atoms with Gasteiger partial charge in [-0.25, -0.2) is 4.57 Å². The van der Waals surface area contributed by atoms with E-state index in [-0.39, 0.29) is 19.4 Å². The molecule has 0 rings (SSSR count). The number of hydrogen-bond donors (Lipinski definition) is 4. The zero-order valence-electron chi connectivity index (χ0n) is 30.6. The zero-order chi connectivity index (χ0) is 37.3. The first-order valence-corrected chi connectivity index (χ1v) is 19.7. The minimum atomic E-state index is -4.66. The highest BCUT2D eigenvalue weighted by Crippen LogP contribution is 2.43. The third-order valence-electron chi connectivity index (χ3n) is 7.22. The van der Waals surface area contributed by atoms with E-state index >= 15 is 0 Å². The van der Waals surface area contributed by atoms with Crippen molar-refractivity contribution in [3.8, 4) is 0 Å². The third-order valence-corrected chi connectivity index (χ3v) is 8.17. The van der Waals surface area contributed by atoms with Crippen LogP contribution in [0.15, 0.2) is 60.8 Å². The predicted molar refractivity (Wildman–Crippen MR) is 197 cm³/mol. The van der Waals surface area contributed by atoms with E-state index in [4.69, 9.17) is 19.1 Å². The third kappa shape index (κ3) is 32.8. The Kier molecular flexibility index (Phi) is 31.0. The molecule has 0 amide bonds. The van der Waals surface area contributed by atoms with E-state index in [0.717, 1.165) is 44.9 Å². The van der Waals surface area contributed by atoms with E-state index in [1.54, 1.807) is 12.2 Å². The lowest BCUT2D eigenvalue weighted by Crippen LogP contribution is -2.30. The van der Waals surface area contributed by atoms with Gasteiger partial charge in [0.1, 0.15) is 12.7 Å². The summed E-state index contributed by atoms with van der Waals surface area (Å²) in [6.07, 6.45) is 28.3. The molecule has 288 valence electrons. The maximum atomic E-state index is 12.5. The lowest BCUT2D eigenvalue weighted by molar-refractivity contribution is -0.161. The van der Waals surface area contributed by atoms with Gasteiger partial charge < -0.3 is 29.7 Å². The van der Waals surface area contributed by atoms with Gasteiger partial charge in [-0.2, -0.15) is 0 Å². The van der Waals surface area contributed by atoms with Crippen LogP contribution in [0.1, 0.15) is 117 Å². The Labute approximate surface area is 300 Å². The predicted octanol–water partition coefficient (Wildman–Crippen LogP) is 7.60. The molecule has 2 unspecified atom stereocenters. The first kappa shape index (κ1) is 47.6. The van der Waals surface area contributed by atoms with Crippen molar-refractivity contribution in [3.05, 3.63) is 60.8 Å². The van der Waals surface area contributed by atoms with Crippen molar-refractivity contribution in [3.63, 3.8) is 0 Å². The van der Waals surface area contributed by atoms with Gasteiger partial charge >= 0.3 is 19.8 Å². The van der Waals surface area contributed by atoms with Crippen molar-refractivity contribution in [1.82, 2.24) is 0 Å². The normalized spacial score (nSPS) is 15.5. The molecule has 0 saturated heterocycles. The van der Waals surface area contributed by atoms with Crippen molar-refractivity contribution >= 4 is 19.8 Å². The van der Waals surface area contributed by atoms with Crippen LogP contribution in [0.2, 0.25) is 0 Å². The number of phosphoric acid groups is 1. The number of aliphatic hydroxyl groups is 3. The SMILES string of the molecule is CC/C=C\C/C=C\C/C=C\C/C=C\C=C\C(O)CCCC(=O)O[C@H](COC(=O)CCCCCCCCC(C)C)COP(=O)(O)OC[C@@H](O)CO. The van der Waals surface area contributed by atoms with Crippen molar-refractivity contribution in [2.75, 3.05) is 26.4 Å². The number of unbranched alkanes of at least 4 members (excludes halogenated alkanes) is 5. The summed E-state index contributed by atoms with van der Waals surface area (Å²) in [6.45, 7) is 4.21. The average Bonchev–Trinajstić information content (AvgIpc) is 3.08. The number of carbonyl (C=O) groups is 2. The molecule has 0 bridgehead atoms. The topological polar surface area (TPSA) is 169 Å². The molecule has 0 aromatic rings. The summed E-state index contributed by atoms with van der Waals surface area (Å²) in [6, 6.07) is 0. The van der Waals surface area contributed by atoms with E-state index in [0.29, 0.717) is 25.2 Å². The molecule has 4 N–H and O–H groups in total. The highest BCUT2D eigenvalue weighted by atomic mass is 31.2.